The molecule has 6 heteroatoms. The van der Waals surface area contributed by atoms with Crippen LogP contribution in [-0.4, -0.2) is 30.3 Å². The number of rotatable bonds is 4. The number of benzene rings is 1. The highest BCUT2D eigenvalue weighted by molar-refractivity contribution is 7.89. The molecule has 1 N–H and O–H groups in total. The van der Waals surface area contributed by atoms with Gasteiger partial charge in [0.25, 0.3) is 0 Å². The van der Waals surface area contributed by atoms with E-state index in [0.717, 1.165) is 10.9 Å². The average Bonchev–Trinajstić information content (AvgIpc) is 2.65. The van der Waals surface area contributed by atoms with Gasteiger partial charge in [-0.1, -0.05) is 6.07 Å². The van der Waals surface area contributed by atoms with E-state index in [1.165, 1.54) is 12.3 Å². The number of hydrogen-bond donors (Lipinski definition) is 1. The summed E-state index contributed by atoms with van der Waals surface area (Å²) in [6.45, 7) is 3.94. The summed E-state index contributed by atoms with van der Waals surface area (Å²) in [6, 6.07) is 4.89. The van der Waals surface area contributed by atoms with Gasteiger partial charge < -0.3 is 9.67 Å². The van der Waals surface area contributed by atoms with Crippen LogP contribution < -0.4 is 0 Å². The molecular weight excluding hydrogens is 278 g/mol. The molecule has 0 aliphatic heterocycles. The van der Waals surface area contributed by atoms with Gasteiger partial charge in [0.1, 0.15) is 0 Å². The molecule has 5 nitrogen and oxygen atoms in total. The predicted molar refractivity (Wildman–Crippen MR) is 77.8 cm³/mol. The Morgan fingerprint density at radius 3 is 2.50 bits per heavy atom. The molecule has 0 bridgehead atoms. The number of nitrogens with zero attached hydrogens (tertiary/aromatic N) is 1. The Morgan fingerprint density at radius 2 is 2.00 bits per heavy atom. The summed E-state index contributed by atoms with van der Waals surface area (Å²) >= 11 is 0. The van der Waals surface area contributed by atoms with E-state index in [1.807, 2.05) is 18.4 Å². The zero-order valence-corrected chi connectivity index (χ0v) is 12.4. The fraction of sp³-hybridized carbons (Fsp3) is 0.357. The second-order valence-corrected chi connectivity index (χ2v) is 7.40. The van der Waals surface area contributed by atoms with Gasteiger partial charge in [0, 0.05) is 29.4 Å². The molecular formula is C14H17NO4S. The number of aromatic nitrogens is 1. The number of aromatic carboxylic acids is 1. The summed E-state index contributed by atoms with van der Waals surface area (Å²) in [7, 11) is -3.14. The lowest BCUT2D eigenvalue weighted by molar-refractivity contribution is 0.0697. The van der Waals surface area contributed by atoms with Crippen LogP contribution in [0, 0.1) is 0 Å². The van der Waals surface area contributed by atoms with Crippen LogP contribution >= 0.6 is 0 Å². The first-order valence-electron chi connectivity index (χ1n) is 6.23. The number of hydrogen-bond acceptors (Lipinski definition) is 3. The van der Waals surface area contributed by atoms with Crippen LogP contribution in [0.15, 0.2) is 24.4 Å². The van der Waals surface area contributed by atoms with Gasteiger partial charge in [-0.05, 0) is 31.5 Å². The van der Waals surface area contributed by atoms with E-state index in [-0.39, 0.29) is 17.4 Å². The van der Waals surface area contributed by atoms with Crippen molar-refractivity contribution in [1.29, 1.82) is 0 Å². The molecule has 0 saturated carbocycles. The summed E-state index contributed by atoms with van der Waals surface area (Å²) in [6.07, 6.45) is 2.99. The lowest BCUT2D eigenvalue weighted by atomic mass is 10.1. The van der Waals surface area contributed by atoms with Gasteiger partial charge in [0.15, 0.2) is 9.84 Å². The number of carboxylic acid groups (broad SMARTS) is 1. The van der Waals surface area contributed by atoms with Crippen molar-refractivity contribution in [1.82, 2.24) is 4.57 Å². The van der Waals surface area contributed by atoms with Crippen LogP contribution in [0.25, 0.3) is 10.9 Å². The van der Waals surface area contributed by atoms with E-state index < -0.39 is 15.8 Å². The van der Waals surface area contributed by atoms with Crippen LogP contribution in [-0.2, 0) is 15.6 Å². The standard InChI is InChI=1S/C14H17NO4S/c1-9(2)15-7-11(8-20(3,18)19)12-5-4-10(14(16)17)6-13(12)15/h4-7,9H,8H2,1-3H3,(H,16,17). The van der Waals surface area contributed by atoms with Gasteiger partial charge >= 0.3 is 5.97 Å². The highest BCUT2D eigenvalue weighted by atomic mass is 32.2. The third-order valence-corrected chi connectivity index (χ3v) is 3.97. The third-order valence-electron chi connectivity index (χ3n) is 3.14. The van der Waals surface area contributed by atoms with E-state index in [9.17, 15) is 13.2 Å². The second-order valence-electron chi connectivity index (χ2n) is 5.26. The lowest BCUT2D eigenvalue weighted by Gasteiger charge is -2.09. The van der Waals surface area contributed by atoms with Gasteiger partial charge in [-0.2, -0.15) is 0 Å². The molecule has 1 aromatic heterocycles. The van der Waals surface area contributed by atoms with Gasteiger partial charge in [0.05, 0.1) is 11.3 Å². The van der Waals surface area contributed by atoms with Gasteiger partial charge in [-0.15, -0.1) is 0 Å². The van der Waals surface area contributed by atoms with Crippen molar-refractivity contribution in [3.8, 4) is 0 Å². The van der Waals surface area contributed by atoms with Crippen molar-refractivity contribution in [3.05, 3.63) is 35.5 Å². The second kappa shape index (κ2) is 4.94. The fourth-order valence-electron chi connectivity index (χ4n) is 2.28. The monoisotopic (exact) mass is 295 g/mol. The summed E-state index contributed by atoms with van der Waals surface area (Å²) in [5.74, 6) is -1.04. The number of fused-ring (bicyclic) bond motifs is 1. The zero-order chi connectivity index (χ0) is 15.1. The van der Waals surface area contributed by atoms with E-state index in [0.29, 0.717) is 5.56 Å². The van der Waals surface area contributed by atoms with Gasteiger partial charge in [-0.3, -0.25) is 0 Å². The molecule has 0 fully saturated rings. The first-order chi connectivity index (χ1) is 9.19. The average molecular weight is 295 g/mol. The Kier molecular flexibility index (Phi) is 3.60. The first-order valence-corrected chi connectivity index (χ1v) is 8.29. The summed E-state index contributed by atoms with van der Waals surface area (Å²) in [4.78, 5) is 11.1. The summed E-state index contributed by atoms with van der Waals surface area (Å²) < 4.78 is 24.9. The topological polar surface area (TPSA) is 76.4 Å². The molecule has 1 aromatic carbocycles. The van der Waals surface area contributed by atoms with Crippen molar-refractivity contribution in [2.45, 2.75) is 25.6 Å². The number of carboxylic acids is 1. The largest absolute Gasteiger partial charge is 0.478 e. The molecule has 0 spiro atoms. The Bertz CT molecular complexity index is 772. The Morgan fingerprint density at radius 1 is 1.35 bits per heavy atom. The smallest absolute Gasteiger partial charge is 0.335 e. The quantitative estimate of drug-likeness (QED) is 0.940. The van der Waals surface area contributed by atoms with E-state index in [4.69, 9.17) is 5.11 Å². The lowest BCUT2D eigenvalue weighted by Crippen LogP contribution is -2.01. The van der Waals surface area contributed by atoms with Crippen LogP contribution in [0.2, 0.25) is 0 Å². The normalized spacial score (nSPS) is 12.2. The Balaban J connectivity index is 2.70. The van der Waals surface area contributed by atoms with Crippen molar-refractivity contribution < 1.29 is 18.3 Å². The van der Waals surface area contributed by atoms with Crippen molar-refractivity contribution in [3.63, 3.8) is 0 Å². The van der Waals surface area contributed by atoms with E-state index in [2.05, 4.69) is 0 Å². The Hall–Kier alpha value is -1.82. The van der Waals surface area contributed by atoms with Gasteiger partial charge in [-0.25, -0.2) is 13.2 Å². The molecule has 0 atom stereocenters. The maximum absolute atomic E-state index is 11.5. The van der Waals surface area contributed by atoms with Crippen molar-refractivity contribution in [2.24, 2.45) is 0 Å². The minimum atomic E-state index is -3.14. The molecule has 0 amide bonds. The fourth-order valence-corrected chi connectivity index (χ4v) is 3.08. The minimum absolute atomic E-state index is 0.0460. The van der Waals surface area contributed by atoms with Crippen molar-refractivity contribution in [2.75, 3.05) is 6.26 Å². The molecule has 0 aliphatic rings. The molecule has 20 heavy (non-hydrogen) atoms. The van der Waals surface area contributed by atoms with Crippen LogP contribution in [0.4, 0.5) is 0 Å². The summed E-state index contributed by atoms with van der Waals surface area (Å²) in [5, 5.41) is 9.85. The number of sulfone groups is 1. The highest BCUT2D eigenvalue weighted by Crippen LogP contribution is 2.27. The van der Waals surface area contributed by atoms with Crippen molar-refractivity contribution >= 4 is 26.7 Å². The van der Waals surface area contributed by atoms with E-state index >= 15 is 0 Å². The molecule has 2 rings (SSSR count). The van der Waals surface area contributed by atoms with Gasteiger partial charge in [0.2, 0.25) is 0 Å². The maximum atomic E-state index is 11.5. The van der Waals surface area contributed by atoms with E-state index in [1.54, 1.807) is 18.3 Å². The highest BCUT2D eigenvalue weighted by Gasteiger charge is 2.16. The molecule has 0 aliphatic carbocycles. The Labute approximate surface area is 117 Å². The molecule has 0 saturated heterocycles. The zero-order valence-electron chi connectivity index (χ0n) is 11.6. The number of carbonyl (C=O) groups is 1. The molecule has 2 aromatic rings. The maximum Gasteiger partial charge on any atom is 0.335 e. The molecule has 1 heterocycles. The van der Waals surface area contributed by atoms with Crippen LogP contribution in [0.3, 0.4) is 0 Å². The minimum Gasteiger partial charge on any atom is -0.478 e. The molecule has 0 radical (unpaired) electrons. The van der Waals surface area contributed by atoms with Crippen LogP contribution in [0.5, 0.6) is 0 Å². The third kappa shape index (κ3) is 2.85. The molecule has 0 unspecified atom stereocenters. The first kappa shape index (κ1) is 14.6. The predicted octanol–water partition coefficient (Wildman–Crippen LogP) is 2.46. The summed E-state index contributed by atoms with van der Waals surface area (Å²) in [5.41, 5.74) is 1.65. The SMILES string of the molecule is CC(C)n1cc(CS(C)(=O)=O)c2ccc(C(=O)O)cc21. The van der Waals surface area contributed by atoms with Crippen LogP contribution in [0.1, 0.15) is 35.8 Å². The molecule has 108 valence electrons.